The molecule has 0 radical (unpaired) electrons. The molecule has 0 heterocycles. The normalized spacial score (nSPS) is 16.8. The van der Waals surface area contributed by atoms with Gasteiger partial charge in [0.25, 0.3) is 0 Å². The molecule has 0 N–H and O–H groups in total. The molecule has 0 bridgehead atoms. The molecule has 2 aromatic rings. The summed E-state index contributed by atoms with van der Waals surface area (Å²) in [5.41, 5.74) is 5.51. The molecule has 0 nitrogen and oxygen atoms in total. The summed E-state index contributed by atoms with van der Waals surface area (Å²) in [6.07, 6.45) is 10.0. The van der Waals surface area contributed by atoms with Crippen LogP contribution >= 0.6 is 0 Å². The van der Waals surface area contributed by atoms with E-state index in [-0.39, 0.29) is 26.2 Å². The van der Waals surface area contributed by atoms with Gasteiger partial charge in [-0.3, -0.25) is 6.08 Å². The summed E-state index contributed by atoms with van der Waals surface area (Å²) in [7, 11) is 0. The summed E-state index contributed by atoms with van der Waals surface area (Å²) < 4.78 is 0. The Morgan fingerprint density at radius 3 is 2.55 bits per heavy atom. The van der Waals surface area contributed by atoms with Gasteiger partial charge in [0.15, 0.2) is 0 Å². The molecule has 1 heteroatoms. The number of benzene rings is 2. The first kappa shape index (κ1) is 15.2. The first-order chi connectivity index (χ1) is 9.38. The second-order valence-electron chi connectivity index (χ2n) is 4.81. The second kappa shape index (κ2) is 7.00. The number of rotatable bonds is 0. The van der Waals surface area contributed by atoms with Gasteiger partial charge in [0.2, 0.25) is 0 Å². The van der Waals surface area contributed by atoms with E-state index in [1.54, 1.807) is 0 Å². The molecule has 0 amide bonds. The zero-order valence-electron chi connectivity index (χ0n) is 11.6. The third-order valence-electron chi connectivity index (χ3n) is 3.62. The summed E-state index contributed by atoms with van der Waals surface area (Å²) >= 11 is 0. The summed E-state index contributed by atoms with van der Waals surface area (Å²) in [5.74, 6) is 0.502. The summed E-state index contributed by atoms with van der Waals surface area (Å²) in [5, 5.41) is 0. The van der Waals surface area contributed by atoms with Crippen LogP contribution in [-0.2, 0) is 26.2 Å². The summed E-state index contributed by atoms with van der Waals surface area (Å²) in [6, 6.07) is 18.2. The average Bonchev–Trinajstić information content (AvgIpc) is 3.12. The molecule has 96 valence electrons. The van der Waals surface area contributed by atoms with Crippen LogP contribution in [0.25, 0.3) is 11.1 Å². The smallest absolute Gasteiger partial charge is 0.273 e. The fourth-order valence-electron chi connectivity index (χ4n) is 2.66. The molecular formula is C19H16Zr. The van der Waals surface area contributed by atoms with Gasteiger partial charge >= 0.3 is 26.2 Å². The Balaban J connectivity index is 0.000000210. The molecule has 0 aromatic heterocycles. The van der Waals surface area contributed by atoms with E-state index >= 15 is 0 Å². The minimum Gasteiger partial charge on any atom is -0.273 e. The van der Waals surface area contributed by atoms with Gasteiger partial charge in [-0.25, -0.2) is 12.2 Å². The molecule has 20 heavy (non-hydrogen) atoms. The van der Waals surface area contributed by atoms with Crippen LogP contribution in [0.1, 0.15) is 30.4 Å². The Morgan fingerprint density at radius 1 is 1.05 bits per heavy atom. The minimum atomic E-state index is 0. The van der Waals surface area contributed by atoms with Crippen LogP contribution in [0, 0.1) is 12.1 Å². The van der Waals surface area contributed by atoms with E-state index in [1.807, 2.05) is 18.2 Å². The Morgan fingerprint density at radius 2 is 1.85 bits per heavy atom. The van der Waals surface area contributed by atoms with E-state index in [1.165, 1.54) is 22.3 Å². The summed E-state index contributed by atoms with van der Waals surface area (Å²) in [4.78, 5) is 0. The maximum Gasteiger partial charge on any atom is 2.00 e. The zero-order valence-corrected chi connectivity index (χ0v) is 14.0. The largest absolute Gasteiger partial charge is 2.00 e. The molecule has 0 fully saturated rings. The molecule has 0 spiro atoms. The van der Waals surface area contributed by atoms with Gasteiger partial charge in [0.1, 0.15) is 0 Å². The van der Waals surface area contributed by atoms with Crippen molar-refractivity contribution in [2.45, 2.75) is 19.3 Å². The molecule has 1 atom stereocenters. The molecule has 0 aliphatic heterocycles. The first-order valence-electron chi connectivity index (χ1n) is 6.69. The standard InChI is InChI=1S/C14H11.C5H5.Zr/c1-10-11-6-2-4-8-13(11)14-9-5-3-7-12(10)14;1-2-4-5-3-1;/h2-6,8-10H,1H3;1-3H,4H2;/q2*-1;+2. The first-order valence-corrected chi connectivity index (χ1v) is 6.69. The third kappa shape index (κ3) is 2.94. The van der Waals surface area contributed by atoms with Gasteiger partial charge in [0, 0.05) is 0 Å². The van der Waals surface area contributed by atoms with E-state index in [2.05, 4.69) is 61.5 Å². The van der Waals surface area contributed by atoms with Gasteiger partial charge in [-0.05, 0) is 11.5 Å². The van der Waals surface area contributed by atoms with Crippen molar-refractivity contribution in [2.24, 2.45) is 0 Å². The molecule has 2 aliphatic carbocycles. The van der Waals surface area contributed by atoms with Crippen LogP contribution in [0.15, 0.2) is 60.7 Å². The SMILES string of the molecule is CC1c2[c-]cccc2-c2ccccc21.[C-]1=CC=CC1.[Zr+2]. The predicted octanol–water partition coefficient (Wildman–Crippen LogP) is 4.92. The number of fused-ring (bicyclic) bond motifs is 3. The number of allylic oxidation sites excluding steroid dienone is 4. The Kier molecular flexibility index (Phi) is 5.32. The Hall–Kier alpha value is -1.20. The van der Waals surface area contributed by atoms with Crippen LogP contribution < -0.4 is 0 Å². The quantitative estimate of drug-likeness (QED) is 0.599. The molecule has 0 saturated carbocycles. The van der Waals surface area contributed by atoms with Gasteiger partial charge in [-0.15, -0.1) is 17.5 Å². The fraction of sp³-hybridized carbons (Fsp3) is 0.158. The van der Waals surface area contributed by atoms with Crippen LogP contribution in [0.5, 0.6) is 0 Å². The van der Waals surface area contributed by atoms with E-state index in [9.17, 15) is 0 Å². The van der Waals surface area contributed by atoms with E-state index < -0.39 is 0 Å². The number of hydrogen-bond donors (Lipinski definition) is 0. The minimum absolute atomic E-state index is 0. The average molecular weight is 336 g/mol. The molecule has 0 saturated heterocycles. The van der Waals surface area contributed by atoms with Gasteiger partial charge in [-0.2, -0.15) is 30.3 Å². The van der Waals surface area contributed by atoms with Gasteiger partial charge in [-0.1, -0.05) is 36.8 Å². The molecular weight excluding hydrogens is 319 g/mol. The Labute approximate surface area is 140 Å². The topological polar surface area (TPSA) is 0 Å². The molecule has 2 aliphatic rings. The van der Waals surface area contributed by atoms with E-state index in [0.717, 1.165) is 6.42 Å². The molecule has 2 aromatic carbocycles. The van der Waals surface area contributed by atoms with Crippen LogP contribution in [0.4, 0.5) is 0 Å². The van der Waals surface area contributed by atoms with Crippen molar-refractivity contribution in [3.63, 3.8) is 0 Å². The Bertz CT molecular complexity index is 582. The monoisotopic (exact) mass is 334 g/mol. The van der Waals surface area contributed by atoms with Crippen LogP contribution in [0.2, 0.25) is 0 Å². The van der Waals surface area contributed by atoms with E-state index in [4.69, 9.17) is 0 Å². The van der Waals surface area contributed by atoms with Crippen molar-refractivity contribution < 1.29 is 26.2 Å². The fourth-order valence-corrected chi connectivity index (χ4v) is 2.66. The number of hydrogen-bond acceptors (Lipinski definition) is 0. The second-order valence-corrected chi connectivity index (χ2v) is 4.81. The molecule has 1 unspecified atom stereocenters. The maximum atomic E-state index is 3.35. The van der Waals surface area contributed by atoms with Crippen molar-refractivity contribution in [1.29, 1.82) is 0 Å². The van der Waals surface area contributed by atoms with Crippen molar-refractivity contribution in [3.8, 4) is 11.1 Å². The maximum absolute atomic E-state index is 3.35. The molecule has 4 rings (SSSR count). The zero-order chi connectivity index (χ0) is 13.1. The van der Waals surface area contributed by atoms with Crippen molar-refractivity contribution in [2.75, 3.05) is 0 Å². The predicted molar refractivity (Wildman–Crippen MR) is 79.8 cm³/mol. The third-order valence-corrected chi connectivity index (χ3v) is 3.62. The van der Waals surface area contributed by atoms with Gasteiger partial charge < -0.3 is 0 Å². The van der Waals surface area contributed by atoms with Crippen molar-refractivity contribution in [3.05, 3.63) is 84.0 Å². The van der Waals surface area contributed by atoms with E-state index in [0.29, 0.717) is 5.92 Å². The van der Waals surface area contributed by atoms with Crippen molar-refractivity contribution in [1.82, 2.24) is 0 Å². The van der Waals surface area contributed by atoms with Gasteiger partial charge in [0.05, 0.1) is 0 Å². The van der Waals surface area contributed by atoms with Crippen molar-refractivity contribution >= 4 is 0 Å². The van der Waals surface area contributed by atoms with Crippen LogP contribution in [0.3, 0.4) is 0 Å². The van der Waals surface area contributed by atoms with Crippen LogP contribution in [-0.4, -0.2) is 0 Å². The summed E-state index contributed by atoms with van der Waals surface area (Å²) in [6.45, 7) is 2.25.